The Kier molecular flexibility index (Phi) is 9.52. The lowest BCUT2D eigenvalue weighted by Crippen LogP contribution is -2.29. The van der Waals surface area contributed by atoms with Gasteiger partial charge in [0.25, 0.3) is 0 Å². The van der Waals surface area contributed by atoms with Crippen LogP contribution < -0.4 is 9.47 Å². The van der Waals surface area contributed by atoms with Crippen molar-refractivity contribution >= 4 is 5.97 Å². The summed E-state index contributed by atoms with van der Waals surface area (Å²) in [6.07, 6.45) is 0.302. The van der Waals surface area contributed by atoms with Gasteiger partial charge in [0.15, 0.2) is 6.10 Å². The lowest BCUT2D eigenvalue weighted by molar-refractivity contribution is -0.156. The van der Waals surface area contributed by atoms with Crippen molar-refractivity contribution in [3.8, 4) is 23.0 Å². The molecule has 0 saturated carbocycles. The fraction of sp³-hybridized carbons (Fsp3) is 0.407. The first kappa shape index (κ1) is 25.3. The molecule has 7 nitrogen and oxygen atoms in total. The quantitative estimate of drug-likeness (QED) is 0.320. The summed E-state index contributed by atoms with van der Waals surface area (Å²) in [4.78, 5) is 16.9. The zero-order valence-electron chi connectivity index (χ0n) is 20.3. The van der Waals surface area contributed by atoms with Crippen LogP contribution in [0.2, 0.25) is 0 Å². The highest BCUT2D eigenvalue weighted by atomic mass is 16.6. The highest BCUT2D eigenvalue weighted by Crippen LogP contribution is 2.28. The molecule has 7 heteroatoms. The Bertz CT molecular complexity index is 1050. The van der Waals surface area contributed by atoms with E-state index < -0.39 is 6.10 Å². The number of carbonyl (C=O) groups excluding carboxylic acids is 1. The molecule has 0 bridgehead atoms. The molecule has 0 radical (unpaired) electrons. The van der Waals surface area contributed by atoms with Gasteiger partial charge in [0, 0.05) is 31.1 Å². The number of ether oxygens (including phenoxy) is 4. The molecule has 0 saturated heterocycles. The van der Waals surface area contributed by atoms with Crippen LogP contribution in [0.1, 0.15) is 37.8 Å². The Morgan fingerprint density at radius 1 is 1.00 bits per heavy atom. The Labute approximate surface area is 201 Å². The third-order valence-corrected chi connectivity index (χ3v) is 5.18. The van der Waals surface area contributed by atoms with E-state index in [0.29, 0.717) is 56.7 Å². The van der Waals surface area contributed by atoms with Gasteiger partial charge in [-0.25, -0.2) is 9.78 Å². The van der Waals surface area contributed by atoms with Crippen molar-refractivity contribution in [3.63, 3.8) is 0 Å². The van der Waals surface area contributed by atoms with E-state index in [4.69, 9.17) is 23.4 Å². The molecule has 1 heterocycles. The van der Waals surface area contributed by atoms with Crippen molar-refractivity contribution in [1.82, 2.24) is 4.98 Å². The molecular weight excluding hydrogens is 434 g/mol. The molecule has 1 aromatic heterocycles. The molecule has 0 aliphatic heterocycles. The summed E-state index contributed by atoms with van der Waals surface area (Å²) in [6.45, 7) is 9.13. The standard InChI is InChI=1S/C27H33NO6/c1-5-30-24-18-22(14-13-21(24)17-25(31-6-2)27(29)32-7-3)33-16-15-23-19(4)34-26(28-23)20-11-9-8-10-12-20/h8-14,18,25H,5-7,15-17H2,1-4H3. The van der Waals surface area contributed by atoms with Crippen molar-refractivity contribution in [3.05, 3.63) is 65.5 Å². The molecule has 0 N–H and O–H groups in total. The van der Waals surface area contributed by atoms with Gasteiger partial charge in [0.2, 0.25) is 5.89 Å². The maximum absolute atomic E-state index is 12.2. The minimum atomic E-state index is -0.676. The zero-order chi connectivity index (χ0) is 24.3. The van der Waals surface area contributed by atoms with Gasteiger partial charge in [-0.3, -0.25) is 0 Å². The summed E-state index contributed by atoms with van der Waals surface area (Å²) >= 11 is 0. The van der Waals surface area contributed by atoms with Gasteiger partial charge in [-0.05, 0) is 51.5 Å². The van der Waals surface area contributed by atoms with Crippen LogP contribution in [0.5, 0.6) is 11.5 Å². The van der Waals surface area contributed by atoms with Gasteiger partial charge in [-0.1, -0.05) is 24.3 Å². The molecule has 3 aromatic rings. The van der Waals surface area contributed by atoms with E-state index in [-0.39, 0.29) is 5.97 Å². The molecule has 3 rings (SSSR count). The molecule has 2 aromatic carbocycles. The molecule has 182 valence electrons. The van der Waals surface area contributed by atoms with Crippen LogP contribution in [0.4, 0.5) is 0 Å². The lowest BCUT2D eigenvalue weighted by atomic mass is 10.1. The summed E-state index contributed by atoms with van der Waals surface area (Å²) in [5, 5.41) is 0. The smallest absolute Gasteiger partial charge is 0.335 e. The van der Waals surface area contributed by atoms with E-state index in [2.05, 4.69) is 4.98 Å². The van der Waals surface area contributed by atoms with Crippen molar-refractivity contribution in [2.24, 2.45) is 0 Å². The van der Waals surface area contributed by atoms with Crippen LogP contribution >= 0.6 is 0 Å². The van der Waals surface area contributed by atoms with E-state index in [9.17, 15) is 4.79 Å². The monoisotopic (exact) mass is 467 g/mol. The van der Waals surface area contributed by atoms with Crippen LogP contribution in [-0.2, 0) is 27.1 Å². The number of benzene rings is 2. The third kappa shape index (κ3) is 6.84. The Morgan fingerprint density at radius 2 is 1.79 bits per heavy atom. The van der Waals surface area contributed by atoms with E-state index in [1.54, 1.807) is 6.92 Å². The van der Waals surface area contributed by atoms with Crippen molar-refractivity contribution in [2.75, 3.05) is 26.4 Å². The van der Waals surface area contributed by atoms with E-state index in [1.165, 1.54) is 0 Å². The average Bonchev–Trinajstić information content (AvgIpc) is 3.21. The minimum absolute atomic E-state index is 0.311. The lowest BCUT2D eigenvalue weighted by Gasteiger charge is -2.18. The van der Waals surface area contributed by atoms with Crippen LogP contribution in [-0.4, -0.2) is 43.5 Å². The number of hydrogen-bond acceptors (Lipinski definition) is 7. The predicted molar refractivity (Wildman–Crippen MR) is 129 cm³/mol. The summed E-state index contributed by atoms with van der Waals surface area (Å²) in [7, 11) is 0. The second kappa shape index (κ2) is 12.8. The molecule has 1 atom stereocenters. The fourth-order valence-corrected chi connectivity index (χ4v) is 3.56. The van der Waals surface area contributed by atoms with Gasteiger partial charge in [0.05, 0.1) is 25.5 Å². The maximum Gasteiger partial charge on any atom is 0.335 e. The van der Waals surface area contributed by atoms with Gasteiger partial charge < -0.3 is 23.4 Å². The van der Waals surface area contributed by atoms with Crippen LogP contribution in [0.15, 0.2) is 52.9 Å². The average molecular weight is 468 g/mol. The number of esters is 1. The number of oxazole rings is 1. The summed E-state index contributed by atoms with van der Waals surface area (Å²) in [5.41, 5.74) is 2.68. The highest BCUT2D eigenvalue weighted by molar-refractivity contribution is 5.75. The molecule has 1 unspecified atom stereocenters. The fourth-order valence-electron chi connectivity index (χ4n) is 3.56. The molecule has 0 fully saturated rings. The second-order valence-corrected chi connectivity index (χ2v) is 7.59. The van der Waals surface area contributed by atoms with Crippen molar-refractivity contribution < 1.29 is 28.2 Å². The third-order valence-electron chi connectivity index (χ3n) is 5.18. The molecule has 0 aliphatic rings. The number of rotatable bonds is 13. The van der Waals surface area contributed by atoms with E-state index >= 15 is 0 Å². The van der Waals surface area contributed by atoms with Crippen LogP contribution in [0.25, 0.3) is 11.5 Å². The first-order valence-corrected chi connectivity index (χ1v) is 11.7. The molecule has 0 aliphatic carbocycles. The second-order valence-electron chi connectivity index (χ2n) is 7.59. The Morgan fingerprint density at radius 3 is 2.50 bits per heavy atom. The number of hydrogen-bond donors (Lipinski definition) is 0. The number of aryl methyl sites for hydroxylation is 1. The van der Waals surface area contributed by atoms with Gasteiger partial charge in [-0.15, -0.1) is 0 Å². The van der Waals surface area contributed by atoms with Crippen LogP contribution in [0, 0.1) is 6.92 Å². The first-order valence-electron chi connectivity index (χ1n) is 11.7. The Balaban J connectivity index is 1.65. The molecule has 0 amide bonds. The molecular formula is C27H33NO6. The van der Waals surface area contributed by atoms with Gasteiger partial charge in [-0.2, -0.15) is 0 Å². The number of carbonyl (C=O) groups is 1. The Hall–Kier alpha value is -3.32. The largest absolute Gasteiger partial charge is 0.493 e. The van der Waals surface area contributed by atoms with Crippen LogP contribution in [0.3, 0.4) is 0 Å². The molecule has 0 spiro atoms. The molecule has 34 heavy (non-hydrogen) atoms. The van der Waals surface area contributed by atoms with E-state index in [0.717, 1.165) is 22.6 Å². The van der Waals surface area contributed by atoms with Gasteiger partial charge >= 0.3 is 5.97 Å². The summed E-state index contributed by atoms with van der Waals surface area (Å²) in [6, 6.07) is 15.4. The normalized spacial score (nSPS) is 11.8. The van der Waals surface area contributed by atoms with Crippen molar-refractivity contribution in [1.29, 1.82) is 0 Å². The number of nitrogens with zero attached hydrogens (tertiary/aromatic N) is 1. The predicted octanol–water partition coefficient (Wildman–Crippen LogP) is 5.18. The first-order chi connectivity index (χ1) is 16.5. The highest BCUT2D eigenvalue weighted by Gasteiger charge is 2.22. The zero-order valence-corrected chi connectivity index (χ0v) is 20.3. The SMILES string of the molecule is CCOC(=O)C(Cc1ccc(OCCc2nc(-c3ccccc3)oc2C)cc1OCC)OCC. The summed E-state index contributed by atoms with van der Waals surface area (Å²) < 4.78 is 28.4. The minimum Gasteiger partial charge on any atom is -0.493 e. The van der Waals surface area contributed by atoms with E-state index in [1.807, 2.05) is 69.3 Å². The maximum atomic E-state index is 12.2. The number of aromatic nitrogens is 1. The summed E-state index contributed by atoms with van der Waals surface area (Å²) in [5.74, 6) is 2.37. The topological polar surface area (TPSA) is 80.0 Å². The van der Waals surface area contributed by atoms with Crippen molar-refractivity contribution in [2.45, 2.75) is 46.6 Å². The van der Waals surface area contributed by atoms with Gasteiger partial charge in [0.1, 0.15) is 17.3 Å².